The quantitative estimate of drug-likeness (QED) is 0.604. The van der Waals surface area contributed by atoms with E-state index in [2.05, 4.69) is 70.3 Å². The van der Waals surface area contributed by atoms with E-state index in [1.54, 1.807) is 11.3 Å². The van der Waals surface area contributed by atoms with Crippen LogP contribution in [-0.4, -0.2) is 11.5 Å². The van der Waals surface area contributed by atoms with E-state index in [1.165, 1.54) is 21.6 Å². The molecule has 0 spiro atoms. The Morgan fingerprint density at radius 2 is 1.70 bits per heavy atom. The lowest BCUT2D eigenvalue weighted by Gasteiger charge is -2.18. The van der Waals surface area contributed by atoms with E-state index in [0.29, 0.717) is 0 Å². The molecule has 2 nitrogen and oxygen atoms in total. The van der Waals surface area contributed by atoms with E-state index in [-0.39, 0.29) is 5.41 Å². The molecule has 23 heavy (non-hydrogen) atoms. The minimum Gasteiger partial charge on any atom is -0.232 e. The molecule has 1 aliphatic heterocycles. The molecule has 0 N–H and O–H groups in total. The molecule has 1 aromatic heterocycles. The van der Waals surface area contributed by atoms with Crippen LogP contribution < -0.4 is 0 Å². The highest BCUT2D eigenvalue weighted by molar-refractivity contribution is 7.12. The molecule has 0 saturated heterocycles. The van der Waals surface area contributed by atoms with Gasteiger partial charge in [-0.05, 0) is 31.4 Å². The zero-order valence-electron chi connectivity index (χ0n) is 14.3. The number of amidine groups is 1. The molecule has 118 valence electrons. The Bertz CT molecular complexity index is 812. The van der Waals surface area contributed by atoms with Crippen molar-refractivity contribution in [3.63, 3.8) is 0 Å². The second-order valence-corrected chi connectivity index (χ2v) is 7.96. The summed E-state index contributed by atoms with van der Waals surface area (Å²) in [4.78, 5) is 11.1. The molecule has 0 bridgehead atoms. The minimum atomic E-state index is -0.104. The Kier molecular flexibility index (Phi) is 4.07. The summed E-state index contributed by atoms with van der Waals surface area (Å²) in [6.07, 6.45) is 0. The number of nitrogens with zero attached hydrogens (tertiary/aromatic N) is 2. The predicted octanol–water partition coefficient (Wildman–Crippen LogP) is 6.12. The molecule has 0 aliphatic carbocycles. The van der Waals surface area contributed by atoms with E-state index in [0.717, 1.165) is 17.2 Å². The Morgan fingerprint density at radius 3 is 2.30 bits per heavy atom. The zero-order chi connectivity index (χ0) is 16.6. The third-order valence-corrected chi connectivity index (χ3v) is 4.66. The number of rotatable bonds is 1. The normalized spacial score (nSPS) is 14.7. The Morgan fingerprint density at radius 1 is 0.957 bits per heavy atom. The number of hydrogen-bond acceptors (Lipinski definition) is 3. The molecule has 3 heteroatoms. The number of aliphatic imine (C=N–C) groups is 2. The fraction of sp³-hybridized carbons (Fsp3) is 0.300. The number of para-hydroxylation sites is 1. The molecule has 0 radical (unpaired) electrons. The van der Waals surface area contributed by atoms with Crippen LogP contribution in [0.5, 0.6) is 0 Å². The highest BCUT2D eigenvalue weighted by Gasteiger charge is 2.26. The maximum Gasteiger partial charge on any atom is 0.135 e. The van der Waals surface area contributed by atoms with Crippen molar-refractivity contribution < 1.29 is 0 Å². The van der Waals surface area contributed by atoms with Crippen molar-refractivity contribution in [1.82, 2.24) is 0 Å². The van der Waals surface area contributed by atoms with Gasteiger partial charge in [0.2, 0.25) is 0 Å². The molecule has 0 saturated carbocycles. The van der Waals surface area contributed by atoms with E-state index in [9.17, 15) is 0 Å². The Balaban J connectivity index is 2.36. The average molecular weight is 322 g/mol. The van der Waals surface area contributed by atoms with Crippen LogP contribution in [-0.2, 0) is 0 Å². The highest BCUT2D eigenvalue weighted by Crippen LogP contribution is 2.37. The molecule has 2 heterocycles. The Hall–Kier alpha value is -2.00. The summed E-state index contributed by atoms with van der Waals surface area (Å²) in [5.74, 6) is 0.879. The molecule has 1 aromatic carbocycles. The smallest absolute Gasteiger partial charge is 0.135 e. The molecule has 3 rings (SSSR count). The van der Waals surface area contributed by atoms with Gasteiger partial charge in [0.15, 0.2) is 0 Å². The summed E-state index contributed by atoms with van der Waals surface area (Å²) in [6.45, 7) is 10.8. The van der Waals surface area contributed by atoms with E-state index in [4.69, 9.17) is 9.98 Å². The van der Waals surface area contributed by atoms with Crippen LogP contribution in [0.1, 0.15) is 45.1 Å². The summed E-state index contributed by atoms with van der Waals surface area (Å²) in [5.41, 5.74) is 5.56. The molecule has 0 amide bonds. The maximum atomic E-state index is 5.03. The van der Waals surface area contributed by atoms with Crippen LogP contribution >= 0.6 is 11.3 Å². The molecule has 2 aromatic rings. The number of benzene rings is 1. The summed E-state index contributed by atoms with van der Waals surface area (Å²) < 4.78 is 0. The third kappa shape index (κ3) is 3.06. The minimum absolute atomic E-state index is 0.104. The molecular formula is C20H22N2S. The fourth-order valence-electron chi connectivity index (χ4n) is 2.64. The largest absolute Gasteiger partial charge is 0.232 e. The van der Waals surface area contributed by atoms with Gasteiger partial charge in [0.25, 0.3) is 0 Å². The van der Waals surface area contributed by atoms with Gasteiger partial charge in [-0.2, -0.15) is 0 Å². The average Bonchev–Trinajstić information content (AvgIpc) is 2.93. The zero-order valence-corrected chi connectivity index (χ0v) is 15.2. The van der Waals surface area contributed by atoms with Gasteiger partial charge in [0.1, 0.15) is 5.84 Å². The molecule has 0 atom stereocenters. The van der Waals surface area contributed by atoms with Crippen LogP contribution in [0.15, 0.2) is 57.3 Å². The summed E-state index contributed by atoms with van der Waals surface area (Å²) >= 11 is 1.73. The lowest BCUT2D eigenvalue weighted by molar-refractivity contribution is 0.586. The molecule has 0 fully saturated rings. The monoisotopic (exact) mass is 322 g/mol. The molecule has 1 aliphatic rings. The maximum absolute atomic E-state index is 5.03. The van der Waals surface area contributed by atoms with Crippen molar-refractivity contribution in [2.45, 2.75) is 34.6 Å². The van der Waals surface area contributed by atoms with Crippen molar-refractivity contribution in [3.05, 3.63) is 57.8 Å². The number of thiophene rings is 1. The fourth-order valence-corrected chi connectivity index (χ4v) is 3.36. The van der Waals surface area contributed by atoms with Gasteiger partial charge in [-0.15, -0.1) is 11.3 Å². The van der Waals surface area contributed by atoms with Crippen LogP contribution in [0.4, 0.5) is 5.69 Å². The predicted molar refractivity (Wildman–Crippen MR) is 102 cm³/mol. The first-order valence-corrected chi connectivity index (χ1v) is 8.75. The number of fused-ring (bicyclic) bond motifs is 1. The topological polar surface area (TPSA) is 24.7 Å². The van der Waals surface area contributed by atoms with Gasteiger partial charge in [0, 0.05) is 16.6 Å². The van der Waals surface area contributed by atoms with Crippen LogP contribution in [0.2, 0.25) is 0 Å². The van der Waals surface area contributed by atoms with E-state index >= 15 is 0 Å². The second kappa shape index (κ2) is 5.89. The van der Waals surface area contributed by atoms with Gasteiger partial charge >= 0.3 is 0 Å². The van der Waals surface area contributed by atoms with Crippen molar-refractivity contribution in [2.75, 3.05) is 0 Å². The van der Waals surface area contributed by atoms with Crippen LogP contribution in [0.25, 0.3) is 5.57 Å². The lowest BCUT2D eigenvalue weighted by atomic mass is 9.94. The van der Waals surface area contributed by atoms with Crippen LogP contribution in [0, 0.1) is 5.41 Å². The summed E-state index contributed by atoms with van der Waals surface area (Å²) in [7, 11) is 0. The summed E-state index contributed by atoms with van der Waals surface area (Å²) in [6, 6.07) is 12.6. The first kappa shape index (κ1) is 15.9. The van der Waals surface area contributed by atoms with E-state index < -0.39 is 0 Å². The second-order valence-electron chi connectivity index (χ2n) is 7.02. The third-order valence-electron chi connectivity index (χ3n) is 3.78. The van der Waals surface area contributed by atoms with Crippen molar-refractivity contribution >= 4 is 34.1 Å². The molecular weight excluding hydrogens is 300 g/mol. The van der Waals surface area contributed by atoms with E-state index in [1.807, 2.05) is 6.07 Å². The van der Waals surface area contributed by atoms with Gasteiger partial charge in [-0.1, -0.05) is 50.6 Å². The highest BCUT2D eigenvalue weighted by atomic mass is 32.1. The van der Waals surface area contributed by atoms with Crippen molar-refractivity contribution in [2.24, 2.45) is 15.4 Å². The van der Waals surface area contributed by atoms with Crippen LogP contribution in [0.3, 0.4) is 0 Å². The summed E-state index contributed by atoms with van der Waals surface area (Å²) in [5, 5.41) is 2.10. The lowest BCUT2D eigenvalue weighted by Crippen LogP contribution is -2.19. The van der Waals surface area contributed by atoms with Crippen molar-refractivity contribution in [3.8, 4) is 0 Å². The van der Waals surface area contributed by atoms with Gasteiger partial charge in [0.05, 0.1) is 16.3 Å². The SMILES string of the molecule is CC(C)=C1C(c2cccs2)=NC(C(C)(C)C)=Nc2ccccc21. The Labute approximate surface area is 142 Å². The van der Waals surface area contributed by atoms with Gasteiger partial charge < -0.3 is 0 Å². The first-order chi connectivity index (χ1) is 10.9. The van der Waals surface area contributed by atoms with Gasteiger partial charge in [-0.3, -0.25) is 0 Å². The standard InChI is InChI=1S/C20H22N2S/c1-13(2)17-14-9-6-7-10-15(14)21-19(20(3,4)5)22-18(17)16-11-8-12-23-16/h6-12H,1-5H3. The molecule has 0 unspecified atom stereocenters. The number of hydrogen-bond donors (Lipinski definition) is 0. The van der Waals surface area contributed by atoms with Gasteiger partial charge in [-0.25, -0.2) is 9.98 Å². The van der Waals surface area contributed by atoms with Crippen molar-refractivity contribution in [1.29, 1.82) is 0 Å². The first-order valence-electron chi connectivity index (χ1n) is 7.87. The number of allylic oxidation sites excluding steroid dienone is 2.